The zero-order valence-corrected chi connectivity index (χ0v) is 13.3. The minimum Gasteiger partial charge on any atom is -0.356 e. The number of carbonyl (C=O) groups is 2. The lowest BCUT2D eigenvalue weighted by Gasteiger charge is -2.32. The summed E-state index contributed by atoms with van der Waals surface area (Å²) in [4.78, 5) is 27.6. The van der Waals surface area contributed by atoms with Crippen LogP contribution in [0.2, 0.25) is 0 Å². The molecule has 3 heterocycles. The lowest BCUT2D eigenvalue weighted by atomic mass is 10.1. The molecule has 2 unspecified atom stereocenters. The fourth-order valence-electron chi connectivity index (χ4n) is 3.35. The molecule has 0 bridgehead atoms. The predicted molar refractivity (Wildman–Crippen MR) is 90.8 cm³/mol. The van der Waals surface area contributed by atoms with E-state index in [0.717, 1.165) is 16.3 Å². The Labute approximate surface area is 138 Å². The summed E-state index contributed by atoms with van der Waals surface area (Å²) in [7, 11) is 0. The van der Waals surface area contributed by atoms with Gasteiger partial charge >= 0.3 is 0 Å². The van der Waals surface area contributed by atoms with Crippen LogP contribution >= 0.6 is 11.3 Å². The standard InChI is InChI=1S/C17H17N3O2S/c21-16(9-12-4-3-7-23-12)18-11-8-15-17(22)19-13-5-1-2-6-14(13)20(15)10-11/h1-7,11,15H,8-10H2,(H,18,21)(H,19,22). The molecule has 2 atom stereocenters. The smallest absolute Gasteiger partial charge is 0.247 e. The van der Waals surface area contributed by atoms with Crippen molar-refractivity contribution in [2.45, 2.75) is 24.9 Å². The topological polar surface area (TPSA) is 61.4 Å². The van der Waals surface area contributed by atoms with Crippen molar-refractivity contribution in [1.82, 2.24) is 5.32 Å². The van der Waals surface area contributed by atoms with E-state index in [2.05, 4.69) is 15.5 Å². The zero-order valence-electron chi connectivity index (χ0n) is 12.5. The molecule has 5 nitrogen and oxygen atoms in total. The Bertz CT molecular complexity index is 744. The molecule has 2 N–H and O–H groups in total. The van der Waals surface area contributed by atoms with Crippen molar-refractivity contribution in [3.63, 3.8) is 0 Å². The summed E-state index contributed by atoms with van der Waals surface area (Å²) >= 11 is 1.58. The Balaban J connectivity index is 1.46. The monoisotopic (exact) mass is 327 g/mol. The number of hydrogen-bond acceptors (Lipinski definition) is 4. The Kier molecular flexibility index (Phi) is 3.53. The third-order valence-corrected chi connectivity index (χ3v) is 5.23. The van der Waals surface area contributed by atoms with Gasteiger partial charge in [0.1, 0.15) is 6.04 Å². The summed E-state index contributed by atoms with van der Waals surface area (Å²) in [5.74, 6) is 0.0321. The molecule has 0 aliphatic carbocycles. The van der Waals surface area contributed by atoms with Crippen LogP contribution in [0, 0.1) is 0 Å². The SMILES string of the molecule is O=C(Cc1cccs1)NC1CC2C(=O)Nc3ccccc3N2C1. The van der Waals surface area contributed by atoms with Crippen molar-refractivity contribution in [1.29, 1.82) is 0 Å². The van der Waals surface area contributed by atoms with Gasteiger partial charge < -0.3 is 15.5 Å². The first-order chi connectivity index (χ1) is 11.2. The molecule has 1 fully saturated rings. The molecule has 2 aliphatic rings. The van der Waals surface area contributed by atoms with E-state index in [1.165, 1.54) is 0 Å². The van der Waals surface area contributed by atoms with E-state index in [4.69, 9.17) is 0 Å². The van der Waals surface area contributed by atoms with Gasteiger partial charge in [-0.1, -0.05) is 18.2 Å². The molecule has 0 spiro atoms. The minimum absolute atomic E-state index is 0.00404. The van der Waals surface area contributed by atoms with Crippen molar-refractivity contribution in [3.05, 3.63) is 46.7 Å². The van der Waals surface area contributed by atoms with Crippen LogP contribution in [0.5, 0.6) is 0 Å². The lowest BCUT2D eigenvalue weighted by molar-refractivity contribution is -0.121. The van der Waals surface area contributed by atoms with E-state index in [-0.39, 0.29) is 23.9 Å². The van der Waals surface area contributed by atoms with Gasteiger partial charge in [0.15, 0.2) is 0 Å². The number of nitrogens with one attached hydrogen (secondary N) is 2. The Morgan fingerprint density at radius 3 is 3.00 bits per heavy atom. The highest BCUT2D eigenvalue weighted by Gasteiger charge is 2.41. The van der Waals surface area contributed by atoms with Gasteiger partial charge in [-0.25, -0.2) is 0 Å². The number of benzene rings is 1. The largest absolute Gasteiger partial charge is 0.356 e. The predicted octanol–water partition coefficient (Wildman–Crippen LogP) is 2.01. The van der Waals surface area contributed by atoms with Gasteiger partial charge in [-0.2, -0.15) is 0 Å². The summed E-state index contributed by atoms with van der Waals surface area (Å²) in [6.45, 7) is 0.672. The molecule has 1 saturated heterocycles. The van der Waals surface area contributed by atoms with Gasteiger partial charge in [-0.15, -0.1) is 11.3 Å². The number of rotatable bonds is 3. The third kappa shape index (κ3) is 2.70. The molecule has 6 heteroatoms. The summed E-state index contributed by atoms with van der Waals surface area (Å²) in [5, 5.41) is 7.99. The first-order valence-electron chi connectivity index (χ1n) is 7.69. The number of thiophene rings is 1. The van der Waals surface area contributed by atoms with Crippen LogP contribution in [-0.4, -0.2) is 30.4 Å². The number of amides is 2. The molecule has 23 heavy (non-hydrogen) atoms. The van der Waals surface area contributed by atoms with E-state index in [9.17, 15) is 9.59 Å². The van der Waals surface area contributed by atoms with Crippen molar-refractivity contribution < 1.29 is 9.59 Å². The maximum absolute atomic E-state index is 12.3. The van der Waals surface area contributed by atoms with Gasteiger partial charge in [-0.3, -0.25) is 9.59 Å². The molecule has 4 rings (SSSR count). The van der Waals surface area contributed by atoms with Gasteiger partial charge in [0, 0.05) is 17.5 Å². The van der Waals surface area contributed by atoms with Crippen molar-refractivity contribution in [2.24, 2.45) is 0 Å². The number of nitrogens with zero attached hydrogens (tertiary/aromatic N) is 1. The highest BCUT2D eigenvalue weighted by molar-refractivity contribution is 7.10. The second-order valence-electron chi connectivity index (χ2n) is 5.93. The van der Waals surface area contributed by atoms with Crippen LogP contribution in [0.15, 0.2) is 41.8 Å². The van der Waals surface area contributed by atoms with Crippen LogP contribution < -0.4 is 15.5 Å². The van der Waals surface area contributed by atoms with Gasteiger partial charge in [0.2, 0.25) is 11.8 Å². The number of fused-ring (bicyclic) bond motifs is 3. The molecular weight excluding hydrogens is 310 g/mol. The van der Waals surface area contributed by atoms with E-state index in [1.807, 2.05) is 41.8 Å². The maximum Gasteiger partial charge on any atom is 0.247 e. The molecule has 2 aromatic rings. The highest BCUT2D eigenvalue weighted by atomic mass is 32.1. The third-order valence-electron chi connectivity index (χ3n) is 4.36. The summed E-state index contributed by atoms with van der Waals surface area (Å²) in [5.41, 5.74) is 1.88. The summed E-state index contributed by atoms with van der Waals surface area (Å²) in [6.07, 6.45) is 1.05. The second kappa shape index (κ2) is 5.70. The lowest BCUT2D eigenvalue weighted by Crippen LogP contribution is -2.44. The summed E-state index contributed by atoms with van der Waals surface area (Å²) in [6, 6.07) is 11.5. The molecule has 2 aliphatic heterocycles. The van der Waals surface area contributed by atoms with Crippen LogP contribution in [-0.2, 0) is 16.0 Å². The molecule has 1 aromatic carbocycles. The van der Waals surface area contributed by atoms with E-state index < -0.39 is 0 Å². The van der Waals surface area contributed by atoms with Crippen LogP contribution in [0.4, 0.5) is 11.4 Å². The molecule has 0 saturated carbocycles. The van der Waals surface area contributed by atoms with Crippen LogP contribution in [0.1, 0.15) is 11.3 Å². The summed E-state index contributed by atoms with van der Waals surface area (Å²) < 4.78 is 0. The van der Waals surface area contributed by atoms with Gasteiger partial charge in [0.05, 0.1) is 17.8 Å². The van der Waals surface area contributed by atoms with Gasteiger partial charge in [-0.05, 0) is 30.0 Å². The van der Waals surface area contributed by atoms with Crippen LogP contribution in [0.25, 0.3) is 0 Å². The number of carbonyl (C=O) groups excluding carboxylic acids is 2. The average molecular weight is 327 g/mol. The van der Waals surface area contributed by atoms with Gasteiger partial charge in [0.25, 0.3) is 0 Å². The molecule has 2 amide bonds. The zero-order chi connectivity index (χ0) is 15.8. The molecule has 0 radical (unpaired) electrons. The Hall–Kier alpha value is -2.34. The normalized spacial score (nSPS) is 22.3. The second-order valence-corrected chi connectivity index (χ2v) is 6.96. The van der Waals surface area contributed by atoms with E-state index in [0.29, 0.717) is 19.4 Å². The van der Waals surface area contributed by atoms with E-state index >= 15 is 0 Å². The maximum atomic E-state index is 12.3. The quantitative estimate of drug-likeness (QED) is 0.906. The van der Waals surface area contributed by atoms with E-state index in [1.54, 1.807) is 11.3 Å². The first-order valence-corrected chi connectivity index (χ1v) is 8.57. The van der Waals surface area contributed by atoms with Crippen molar-refractivity contribution in [2.75, 3.05) is 16.8 Å². The fraction of sp³-hybridized carbons (Fsp3) is 0.294. The number of anilines is 2. The van der Waals surface area contributed by atoms with Crippen molar-refractivity contribution in [3.8, 4) is 0 Å². The Morgan fingerprint density at radius 1 is 1.30 bits per heavy atom. The highest BCUT2D eigenvalue weighted by Crippen LogP contribution is 2.36. The fourth-order valence-corrected chi connectivity index (χ4v) is 4.05. The van der Waals surface area contributed by atoms with Crippen LogP contribution in [0.3, 0.4) is 0 Å². The average Bonchev–Trinajstić information content (AvgIpc) is 3.17. The molecule has 118 valence electrons. The molecular formula is C17H17N3O2S. The first kappa shape index (κ1) is 14.3. The van der Waals surface area contributed by atoms with Crippen molar-refractivity contribution >= 4 is 34.5 Å². The number of para-hydroxylation sites is 2. The minimum atomic E-state index is -0.197. The Morgan fingerprint density at radius 2 is 2.17 bits per heavy atom. The molecule has 1 aromatic heterocycles. The number of hydrogen-bond donors (Lipinski definition) is 2.